The number of Topliss-reactive ketones (excluding diaryl/α,β-unsaturated/α-hetero) is 2. The van der Waals surface area contributed by atoms with Crippen LogP contribution < -0.4 is 0 Å². The van der Waals surface area contributed by atoms with Gasteiger partial charge in [0.2, 0.25) is 0 Å². The molecule has 0 spiro atoms. The Morgan fingerprint density at radius 1 is 1.07 bits per heavy atom. The van der Waals surface area contributed by atoms with E-state index in [1.165, 1.54) is 0 Å². The van der Waals surface area contributed by atoms with Crippen molar-refractivity contribution < 1.29 is 9.59 Å². The minimum atomic E-state index is 0.0526. The third-order valence-corrected chi connectivity index (χ3v) is 2.40. The third-order valence-electron chi connectivity index (χ3n) is 2.40. The molecule has 1 aromatic rings. The summed E-state index contributed by atoms with van der Waals surface area (Å²) >= 11 is 0. The van der Waals surface area contributed by atoms with Gasteiger partial charge in [-0.2, -0.15) is 0 Å². The molecule has 0 radical (unpaired) electrons. The van der Waals surface area contributed by atoms with Crippen LogP contribution in [0.5, 0.6) is 0 Å². The highest BCUT2D eigenvalue weighted by atomic mass is 16.1. The molecule has 0 fully saturated rings. The molecule has 0 N–H and O–H groups in total. The predicted octanol–water partition coefficient (Wildman–Crippen LogP) is 2.94. The Kier molecular flexibility index (Phi) is 4.22. The molecule has 0 aliphatic heterocycles. The van der Waals surface area contributed by atoms with Crippen molar-refractivity contribution in [3.8, 4) is 0 Å². The van der Waals surface area contributed by atoms with Gasteiger partial charge in [0.1, 0.15) is 5.78 Å². The van der Waals surface area contributed by atoms with E-state index >= 15 is 0 Å². The van der Waals surface area contributed by atoms with E-state index in [0.717, 1.165) is 5.56 Å². The average molecular weight is 204 g/mol. The first-order chi connectivity index (χ1) is 7.13. The lowest BCUT2D eigenvalue weighted by Crippen LogP contribution is -2.03. The summed E-state index contributed by atoms with van der Waals surface area (Å²) in [5.74, 6) is 0.201. The van der Waals surface area contributed by atoms with Gasteiger partial charge in [-0.3, -0.25) is 9.59 Å². The molecule has 0 aliphatic rings. The molecule has 0 amide bonds. The molecule has 15 heavy (non-hydrogen) atoms. The van der Waals surface area contributed by atoms with Crippen LogP contribution in [0.3, 0.4) is 0 Å². The zero-order chi connectivity index (χ0) is 11.3. The van der Waals surface area contributed by atoms with Crippen molar-refractivity contribution in [2.45, 2.75) is 33.1 Å². The number of hydrogen-bond acceptors (Lipinski definition) is 2. The molecule has 0 atom stereocenters. The number of hydrogen-bond donors (Lipinski definition) is 0. The molecule has 1 aromatic carbocycles. The van der Waals surface area contributed by atoms with Crippen LogP contribution in [-0.4, -0.2) is 11.6 Å². The van der Waals surface area contributed by atoms with E-state index in [2.05, 4.69) is 0 Å². The molecule has 0 saturated heterocycles. The van der Waals surface area contributed by atoms with Crippen molar-refractivity contribution >= 4 is 11.6 Å². The quantitative estimate of drug-likeness (QED) is 0.691. The predicted molar refractivity (Wildman–Crippen MR) is 60.0 cm³/mol. The third kappa shape index (κ3) is 3.66. The first-order valence-electron chi connectivity index (χ1n) is 5.25. The smallest absolute Gasteiger partial charge is 0.163 e. The second-order valence-corrected chi connectivity index (χ2v) is 3.68. The molecule has 0 aromatic heterocycles. The Hall–Kier alpha value is -1.44. The second-order valence-electron chi connectivity index (χ2n) is 3.68. The van der Waals surface area contributed by atoms with Gasteiger partial charge < -0.3 is 0 Å². The SMILES string of the molecule is CCC(=O)CCC(=O)c1ccc(C)cc1. The molecule has 0 saturated carbocycles. The van der Waals surface area contributed by atoms with Gasteiger partial charge in [-0.15, -0.1) is 0 Å². The van der Waals surface area contributed by atoms with Crippen molar-refractivity contribution in [3.05, 3.63) is 35.4 Å². The van der Waals surface area contributed by atoms with E-state index in [9.17, 15) is 9.59 Å². The maximum atomic E-state index is 11.6. The monoisotopic (exact) mass is 204 g/mol. The van der Waals surface area contributed by atoms with Gasteiger partial charge in [0, 0.05) is 24.8 Å². The van der Waals surface area contributed by atoms with E-state index in [1.807, 2.05) is 38.1 Å². The van der Waals surface area contributed by atoms with Crippen LogP contribution in [0.4, 0.5) is 0 Å². The number of benzene rings is 1. The fraction of sp³-hybridized carbons (Fsp3) is 0.385. The fourth-order valence-corrected chi connectivity index (χ4v) is 1.31. The molecule has 0 heterocycles. The van der Waals surface area contributed by atoms with Gasteiger partial charge in [0.15, 0.2) is 5.78 Å². The zero-order valence-corrected chi connectivity index (χ0v) is 9.25. The molecule has 0 aliphatic carbocycles. The number of carbonyl (C=O) groups is 2. The highest BCUT2D eigenvalue weighted by Gasteiger charge is 2.07. The van der Waals surface area contributed by atoms with Crippen molar-refractivity contribution in [2.75, 3.05) is 0 Å². The lowest BCUT2D eigenvalue weighted by molar-refractivity contribution is -0.118. The van der Waals surface area contributed by atoms with Gasteiger partial charge in [-0.1, -0.05) is 36.8 Å². The first-order valence-corrected chi connectivity index (χ1v) is 5.25. The van der Waals surface area contributed by atoms with Crippen molar-refractivity contribution in [1.29, 1.82) is 0 Å². The second kappa shape index (κ2) is 5.44. The molecule has 80 valence electrons. The van der Waals surface area contributed by atoms with E-state index in [-0.39, 0.29) is 11.6 Å². The van der Waals surface area contributed by atoms with E-state index in [4.69, 9.17) is 0 Å². The van der Waals surface area contributed by atoms with E-state index in [0.29, 0.717) is 24.8 Å². The Bertz CT molecular complexity index is 349. The van der Waals surface area contributed by atoms with Crippen molar-refractivity contribution in [2.24, 2.45) is 0 Å². The van der Waals surface area contributed by atoms with Crippen LogP contribution in [0, 0.1) is 6.92 Å². The summed E-state index contributed by atoms with van der Waals surface area (Å²) < 4.78 is 0. The van der Waals surface area contributed by atoms with Crippen LogP contribution >= 0.6 is 0 Å². The Morgan fingerprint density at radius 2 is 1.67 bits per heavy atom. The van der Waals surface area contributed by atoms with Crippen LogP contribution in [0.2, 0.25) is 0 Å². The maximum Gasteiger partial charge on any atom is 0.163 e. The summed E-state index contributed by atoms with van der Waals surface area (Å²) in [5, 5.41) is 0. The molecule has 0 bridgehead atoms. The minimum absolute atomic E-state index is 0.0526. The largest absolute Gasteiger partial charge is 0.300 e. The summed E-state index contributed by atoms with van der Waals surface area (Å²) in [6.45, 7) is 3.80. The van der Waals surface area contributed by atoms with E-state index in [1.54, 1.807) is 0 Å². The molecule has 2 heteroatoms. The van der Waals surface area contributed by atoms with Crippen molar-refractivity contribution in [3.63, 3.8) is 0 Å². The summed E-state index contributed by atoms with van der Waals surface area (Å²) in [6, 6.07) is 7.45. The topological polar surface area (TPSA) is 34.1 Å². The minimum Gasteiger partial charge on any atom is -0.300 e. The number of aryl methyl sites for hydroxylation is 1. The Labute approximate surface area is 90.3 Å². The van der Waals surface area contributed by atoms with Gasteiger partial charge in [-0.25, -0.2) is 0 Å². The number of ketones is 2. The number of carbonyl (C=O) groups excluding carboxylic acids is 2. The molecule has 0 unspecified atom stereocenters. The molecular formula is C13H16O2. The van der Waals surface area contributed by atoms with Gasteiger partial charge >= 0.3 is 0 Å². The Balaban J connectivity index is 2.54. The lowest BCUT2D eigenvalue weighted by Gasteiger charge is -2.00. The highest BCUT2D eigenvalue weighted by Crippen LogP contribution is 2.08. The standard InChI is InChI=1S/C13H16O2/c1-3-12(14)8-9-13(15)11-6-4-10(2)5-7-11/h4-7H,3,8-9H2,1-2H3. The van der Waals surface area contributed by atoms with Crippen molar-refractivity contribution in [1.82, 2.24) is 0 Å². The van der Waals surface area contributed by atoms with Gasteiger partial charge in [0.25, 0.3) is 0 Å². The molecule has 2 nitrogen and oxygen atoms in total. The van der Waals surface area contributed by atoms with Crippen LogP contribution in [0.25, 0.3) is 0 Å². The fourth-order valence-electron chi connectivity index (χ4n) is 1.31. The number of rotatable bonds is 5. The summed E-state index contributed by atoms with van der Waals surface area (Å²) in [6.07, 6.45) is 1.21. The Morgan fingerprint density at radius 3 is 2.20 bits per heavy atom. The summed E-state index contributed by atoms with van der Waals surface area (Å²) in [4.78, 5) is 22.7. The first kappa shape index (κ1) is 11.6. The zero-order valence-electron chi connectivity index (χ0n) is 9.25. The van der Waals surface area contributed by atoms with Gasteiger partial charge in [0.05, 0.1) is 0 Å². The van der Waals surface area contributed by atoms with Crippen LogP contribution in [0.1, 0.15) is 42.1 Å². The van der Waals surface area contributed by atoms with Gasteiger partial charge in [-0.05, 0) is 6.92 Å². The average Bonchev–Trinajstić information content (AvgIpc) is 2.26. The highest BCUT2D eigenvalue weighted by molar-refractivity contribution is 5.98. The molecule has 1 rings (SSSR count). The summed E-state index contributed by atoms with van der Waals surface area (Å²) in [7, 11) is 0. The normalized spacial score (nSPS) is 10.0. The van der Waals surface area contributed by atoms with E-state index < -0.39 is 0 Å². The maximum absolute atomic E-state index is 11.6. The van der Waals surface area contributed by atoms with Crippen LogP contribution in [-0.2, 0) is 4.79 Å². The molecular weight excluding hydrogens is 188 g/mol. The van der Waals surface area contributed by atoms with Crippen LogP contribution in [0.15, 0.2) is 24.3 Å². The lowest BCUT2D eigenvalue weighted by atomic mass is 10.0. The summed E-state index contributed by atoms with van der Waals surface area (Å²) in [5.41, 5.74) is 1.83.